The first-order valence-corrected chi connectivity index (χ1v) is 9.30. The average Bonchev–Trinajstić information content (AvgIpc) is 2.41. The molecule has 0 aliphatic carbocycles. The predicted molar refractivity (Wildman–Crippen MR) is 93.1 cm³/mol. The Morgan fingerprint density at radius 1 is 0.684 bits per heavy atom. The van der Waals surface area contributed by atoms with Crippen molar-refractivity contribution < 1.29 is 0 Å². The summed E-state index contributed by atoms with van der Waals surface area (Å²) < 4.78 is 0. The second-order valence-electron chi connectivity index (χ2n) is 5.97. The SMILES string of the molecule is [CH2]CCCCCCC(S)CCCCCCCCCC. The first-order chi connectivity index (χ1) is 9.31. The summed E-state index contributed by atoms with van der Waals surface area (Å²) in [5, 5.41) is 0.653. The molecule has 0 aromatic rings. The molecule has 0 rings (SSSR count). The molecule has 0 nitrogen and oxygen atoms in total. The van der Waals surface area contributed by atoms with Gasteiger partial charge in [0, 0.05) is 5.25 Å². The first kappa shape index (κ1) is 19.4. The fourth-order valence-corrected chi connectivity index (χ4v) is 2.93. The largest absolute Gasteiger partial charge is 0.176 e. The summed E-state index contributed by atoms with van der Waals surface area (Å²) >= 11 is 4.71. The molecule has 0 aromatic heterocycles. The van der Waals surface area contributed by atoms with E-state index in [4.69, 9.17) is 12.6 Å². The van der Waals surface area contributed by atoms with Gasteiger partial charge in [0.25, 0.3) is 0 Å². The number of rotatable bonds is 15. The van der Waals surface area contributed by atoms with Gasteiger partial charge in [0.05, 0.1) is 0 Å². The van der Waals surface area contributed by atoms with Gasteiger partial charge >= 0.3 is 0 Å². The highest BCUT2D eigenvalue weighted by Gasteiger charge is 2.02. The first-order valence-electron chi connectivity index (χ1n) is 8.78. The van der Waals surface area contributed by atoms with Crippen LogP contribution in [0.25, 0.3) is 0 Å². The lowest BCUT2D eigenvalue weighted by Crippen LogP contribution is -1.98. The van der Waals surface area contributed by atoms with E-state index in [-0.39, 0.29) is 0 Å². The van der Waals surface area contributed by atoms with E-state index < -0.39 is 0 Å². The minimum atomic E-state index is 0.653. The highest BCUT2D eigenvalue weighted by molar-refractivity contribution is 7.80. The fraction of sp³-hybridized carbons (Fsp3) is 0.944. The minimum absolute atomic E-state index is 0.653. The van der Waals surface area contributed by atoms with Gasteiger partial charge in [-0.25, -0.2) is 0 Å². The molecule has 1 radical (unpaired) electrons. The van der Waals surface area contributed by atoms with Crippen LogP contribution < -0.4 is 0 Å². The third-order valence-electron chi connectivity index (χ3n) is 3.93. The Hall–Kier alpha value is 0.350. The standard InChI is InChI=1S/C18H37S/c1-3-5-7-9-10-11-13-15-17-18(19)16-14-12-8-6-4-2/h18-19H,2-17H2,1H3. The van der Waals surface area contributed by atoms with E-state index in [1.807, 2.05) is 0 Å². The summed E-state index contributed by atoms with van der Waals surface area (Å²) in [6.07, 6.45) is 20.5. The van der Waals surface area contributed by atoms with Crippen LogP contribution in [0.2, 0.25) is 0 Å². The van der Waals surface area contributed by atoms with Gasteiger partial charge in [0.1, 0.15) is 0 Å². The molecule has 1 heteroatoms. The fourth-order valence-electron chi connectivity index (χ4n) is 2.57. The maximum atomic E-state index is 4.71. The topological polar surface area (TPSA) is 0 Å². The maximum Gasteiger partial charge on any atom is 0.00168 e. The lowest BCUT2D eigenvalue weighted by molar-refractivity contribution is 0.540. The average molecular weight is 286 g/mol. The zero-order chi connectivity index (χ0) is 14.2. The number of unbranched alkanes of at least 4 members (excludes halogenated alkanes) is 11. The van der Waals surface area contributed by atoms with Crippen LogP contribution in [0.4, 0.5) is 0 Å². The molecule has 0 N–H and O–H groups in total. The molecule has 0 aliphatic heterocycles. The van der Waals surface area contributed by atoms with Gasteiger partial charge in [-0.3, -0.25) is 0 Å². The third kappa shape index (κ3) is 16.3. The molecule has 0 spiro atoms. The second kappa shape index (κ2) is 16.4. The molecule has 0 saturated heterocycles. The van der Waals surface area contributed by atoms with Crippen LogP contribution in [0.5, 0.6) is 0 Å². The molecular weight excluding hydrogens is 248 g/mol. The summed E-state index contributed by atoms with van der Waals surface area (Å²) in [5.41, 5.74) is 0. The Balaban J connectivity index is 3.09. The van der Waals surface area contributed by atoms with Gasteiger partial charge < -0.3 is 0 Å². The quantitative estimate of drug-likeness (QED) is 0.243. The van der Waals surface area contributed by atoms with Crippen molar-refractivity contribution >= 4 is 12.6 Å². The smallest absolute Gasteiger partial charge is 0.00168 e. The predicted octanol–water partition coefficient (Wildman–Crippen LogP) is 6.99. The lowest BCUT2D eigenvalue weighted by Gasteiger charge is -2.10. The van der Waals surface area contributed by atoms with E-state index in [9.17, 15) is 0 Å². The molecule has 0 saturated carbocycles. The van der Waals surface area contributed by atoms with Gasteiger partial charge in [-0.05, 0) is 12.8 Å². The molecule has 0 fully saturated rings. The van der Waals surface area contributed by atoms with Crippen LogP contribution in [0.15, 0.2) is 0 Å². The molecule has 19 heavy (non-hydrogen) atoms. The molecule has 1 unspecified atom stereocenters. The van der Waals surface area contributed by atoms with Gasteiger partial charge in [-0.2, -0.15) is 12.6 Å². The van der Waals surface area contributed by atoms with E-state index in [1.165, 1.54) is 89.9 Å². The number of hydrogen-bond acceptors (Lipinski definition) is 1. The minimum Gasteiger partial charge on any atom is -0.176 e. The van der Waals surface area contributed by atoms with Gasteiger partial charge in [-0.1, -0.05) is 97.3 Å². The van der Waals surface area contributed by atoms with Crippen LogP contribution >= 0.6 is 12.6 Å². The molecule has 0 aromatic carbocycles. The van der Waals surface area contributed by atoms with E-state index in [1.54, 1.807) is 0 Å². The van der Waals surface area contributed by atoms with Crippen molar-refractivity contribution in [2.45, 2.75) is 108 Å². The second-order valence-corrected chi connectivity index (χ2v) is 6.70. The van der Waals surface area contributed by atoms with Crippen LogP contribution in [0.3, 0.4) is 0 Å². The van der Waals surface area contributed by atoms with Crippen molar-refractivity contribution in [3.05, 3.63) is 6.92 Å². The molecule has 0 aliphatic rings. The van der Waals surface area contributed by atoms with E-state index in [0.717, 1.165) is 6.42 Å². The molecular formula is C18H37S. The summed E-state index contributed by atoms with van der Waals surface area (Å²) in [5.74, 6) is 0. The van der Waals surface area contributed by atoms with E-state index in [0.29, 0.717) is 5.25 Å². The van der Waals surface area contributed by atoms with Gasteiger partial charge in [0.15, 0.2) is 0 Å². The van der Waals surface area contributed by atoms with E-state index in [2.05, 4.69) is 13.8 Å². The lowest BCUT2D eigenvalue weighted by atomic mass is 10.0. The van der Waals surface area contributed by atoms with E-state index >= 15 is 0 Å². The molecule has 0 bridgehead atoms. The Labute approximate surface area is 128 Å². The van der Waals surface area contributed by atoms with Crippen LogP contribution in [-0.2, 0) is 0 Å². The van der Waals surface area contributed by atoms with Gasteiger partial charge in [-0.15, -0.1) is 0 Å². The maximum absolute atomic E-state index is 4.71. The molecule has 1 atom stereocenters. The third-order valence-corrected chi connectivity index (χ3v) is 4.44. The van der Waals surface area contributed by atoms with Crippen LogP contribution in [0.1, 0.15) is 103 Å². The van der Waals surface area contributed by atoms with Crippen molar-refractivity contribution in [2.75, 3.05) is 0 Å². The Morgan fingerprint density at radius 2 is 1.11 bits per heavy atom. The monoisotopic (exact) mass is 285 g/mol. The Kier molecular flexibility index (Phi) is 16.7. The van der Waals surface area contributed by atoms with Crippen molar-refractivity contribution in [1.29, 1.82) is 0 Å². The van der Waals surface area contributed by atoms with Crippen molar-refractivity contribution in [1.82, 2.24) is 0 Å². The number of hydrogen-bond donors (Lipinski definition) is 1. The summed E-state index contributed by atoms with van der Waals surface area (Å²) in [6, 6.07) is 0. The summed E-state index contributed by atoms with van der Waals surface area (Å²) in [7, 11) is 0. The highest BCUT2D eigenvalue weighted by atomic mass is 32.1. The molecule has 115 valence electrons. The zero-order valence-corrected chi connectivity index (χ0v) is 14.2. The Morgan fingerprint density at radius 3 is 1.58 bits per heavy atom. The normalized spacial score (nSPS) is 12.8. The van der Waals surface area contributed by atoms with Crippen molar-refractivity contribution in [2.24, 2.45) is 0 Å². The molecule has 0 heterocycles. The Bertz CT molecular complexity index is 156. The van der Waals surface area contributed by atoms with Crippen molar-refractivity contribution in [3.8, 4) is 0 Å². The van der Waals surface area contributed by atoms with Crippen LogP contribution in [-0.4, -0.2) is 5.25 Å². The number of thiol groups is 1. The summed E-state index contributed by atoms with van der Waals surface area (Å²) in [4.78, 5) is 0. The zero-order valence-electron chi connectivity index (χ0n) is 13.3. The molecule has 0 amide bonds. The highest BCUT2D eigenvalue weighted by Crippen LogP contribution is 2.17. The van der Waals surface area contributed by atoms with Crippen molar-refractivity contribution in [3.63, 3.8) is 0 Å². The van der Waals surface area contributed by atoms with Crippen LogP contribution in [0, 0.1) is 6.92 Å². The summed E-state index contributed by atoms with van der Waals surface area (Å²) in [6.45, 7) is 6.17. The van der Waals surface area contributed by atoms with Gasteiger partial charge in [0.2, 0.25) is 0 Å².